The van der Waals surface area contributed by atoms with Crippen molar-refractivity contribution in [3.63, 3.8) is 0 Å². The summed E-state index contributed by atoms with van der Waals surface area (Å²) in [4.78, 5) is 24.5. The highest BCUT2D eigenvalue weighted by Crippen LogP contribution is 2.18. The van der Waals surface area contributed by atoms with E-state index in [0.29, 0.717) is 25.9 Å². The number of aryl methyl sites for hydroxylation is 1. The number of hydrogen-bond donors (Lipinski definition) is 0. The molecule has 1 aliphatic heterocycles. The van der Waals surface area contributed by atoms with Crippen LogP contribution in [0.4, 0.5) is 4.79 Å². The molecule has 1 aromatic rings. The minimum absolute atomic E-state index is 0.0350. The van der Waals surface area contributed by atoms with Crippen LogP contribution in [0.3, 0.4) is 0 Å². The number of ether oxygens (including phenoxy) is 1. The first-order valence-electron chi connectivity index (χ1n) is 7.71. The lowest BCUT2D eigenvalue weighted by Crippen LogP contribution is -2.46. The van der Waals surface area contributed by atoms with E-state index >= 15 is 0 Å². The van der Waals surface area contributed by atoms with Crippen molar-refractivity contribution in [1.82, 2.24) is 10.0 Å². The summed E-state index contributed by atoms with van der Waals surface area (Å²) < 4.78 is 5.36. The topological polar surface area (TPSA) is 49.9 Å². The maximum atomic E-state index is 12.4. The first-order valence-corrected chi connectivity index (χ1v) is 7.71. The molecule has 5 heteroatoms. The quantitative estimate of drug-likeness (QED) is 0.862. The van der Waals surface area contributed by atoms with Gasteiger partial charge in [0.1, 0.15) is 5.60 Å². The van der Waals surface area contributed by atoms with Gasteiger partial charge in [0.25, 0.3) is 0 Å². The third-order valence-electron chi connectivity index (χ3n) is 3.39. The molecule has 1 fully saturated rings. The fraction of sp³-hybridized carbons (Fsp3) is 0.529. The maximum Gasteiger partial charge on any atom is 0.429 e. The summed E-state index contributed by atoms with van der Waals surface area (Å²) in [5, 5.41) is 2.95. The Morgan fingerprint density at radius 3 is 2.36 bits per heavy atom. The van der Waals surface area contributed by atoms with Gasteiger partial charge in [0, 0.05) is 19.5 Å². The molecule has 0 aliphatic carbocycles. The van der Waals surface area contributed by atoms with Crippen molar-refractivity contribution >= 4 is 12.0 Å². The van der Waals surface area contributed by atoms with Crippen LogP contribution in [0.1, 0.15) is 39.2 Å². The maximum absolute atomic E-state index is 12.4. The molecule has 5 nitrogen and oxygen atoms in total. The third kappa shape index (κ3) is 4.48. The lowest BCUT2D eigenvalue weighted by molar-refractivity contribution is -0.142. The van der Waals surface area contributed by atoms with Gasteiger partial charge < -0.3 is 4.74 Å². The molecule has 0 spiro atoms. The molecule has 2 amide bonds. The largest absolute Gasteiger partial charge is 0.442 e. The van der Waals surface area contributed by atoms with Crippen LogP contribution >= 0.6 is 0 Å². The third-order valence-corrected chi connectivity index (χ3v) is 3.39. The summed E-state index contributed by atoms with van der Waals surface area (Å²) in [6.07, 6.45) is 1.41. The van der Waals surface area contributed by atoms with Gasteiger partial charge in [-0.05, 0) is 39.2 Å². The predicted molar refractivity (Wildman–Crippen MR) is 84.0 cm³/mol. The van der Waals surface area contributed by atoms with Gasteiger partial charge in [-0.3, -0.25) is 4.79 Å². The van der Waals surface area contributed by atoms with E-state index in [2.05, 4.69) is 0 Å². The van der Waals surface area contributed by atoms with Crippen LogP contribution in [0.25, 0.3) is 0 Å². The second-order valence-electron chi connectivity index (χ2n) is 6.46. The Labute approximate surface area is 131 Å². The summed E-state index contributed by atoms with van der Waals surface area (Å²) >= 11 is 0. The Morgan fingerprint density at radius 1 is 1.09 bits per heavy atom. The molecule has 0 unspecified atom stereocenters. The van der Waals surface area contributed by atoms with E-state index in [1.165, 1.54) is 10.0 Å². The number of rotatable bonds is 3. The molecule has 1 saturated heterocycles. The lowest BCUT2D eigenvalue weighted by Gasteiger charge is -2.30. The second-order valence-corrected chi connectivity index (χ2v) is 6.46. The highest BCUT2D eigenvalue weighted by molar-refractivity contribution is 5.80. The first-order chi connectivity index (χ1) is 10.4. The van der Waals surface area contributed by atoms with Crippen molar-refractivity contribution in [1.29, 1.82) is 0 Å². The Bertz CT molecular complexity index is 522. The summed E-state index contributed by atoms with van der Waals surface area (Å²) in [5.41, 5.74) is 0.567. The number of carbonyl (C=O) groups excluding carboxylic acids is 2. The van der Waals surface area contributed by atoms with Gasteiger partial charge in [-0.25, -0.2) is 14.8 Å². The Kier molecular flexibility index (Phi) is 5.06. The molecule has 22 heavy (non-hydrogen) atoms. The molecule has 2 rings (SSSR count). The van der Waals surface area contributed by atoms with E-state index in [1.54, 1.807) is 0 Å². The normalized spacial score (nSPS) is 15.0. The lowest BCUT2D eigenvalue weighted by atomic mass is 10.1. The number of carbonyl (C=O) groups is 2. The molecular formula is C17H24N2O3. The zero-order valence-electron chi connectivity index (χ0n) is 13.5. The van der Waals surface area contributed by atoms with Crippen LogP contribution in [-0.4, -0.2) is 40.7 Å². The SMILES string of the molecule is CC(C)(C)OC(=O)N1CCCN1C(=O)CCc1ccccc1. The molecule has 0 bridgehead atoms. The monoisotopic (exact) mass is 304 g/mol. The van der Waals surface area contributed by atoms with Crippen LogP contribution in [0.5, 0.6) is 0 Å². The first kappa shape index (κ1) is 16.3. The van der Waals surface area contributed by atoms with Crippen molar-refractivity contribution in [3.05, 3.63) is 35.9 Å². The molecule has 0 radical (unpaired) electrons. The average molecular weight is 304 g/mol. The van der Waals surface area contributed by atoms with Gasteiger partial charge in [0.05, 0.1) is 0 Å². The summed E-state index contributed by atoms with van der Waals surface area (Å²) in [6, 6.07) is 9.88. The van der Waals surface area contributed by atoms with Crippen LogP contribution in [0.15, 0.2) is 30.3 Å². The van der Waals surface area contributed by atoms with Crippen LogP contribution in [-0.2, 0) is 16.0 Å². The minimum Gasteiger partial charge on any atom is -0.442 e. The minimum atomic E-state index is -0.557. The van der Waals surface area contributed by atoms with Gasteiger partial charge in [-0.2, -0.15) is 0 Å². The predicted octanol–water partition coefficient (Wildman–Crippen LogP) is 3.00. The highest BCUT2D eigenvalue weighted by atomic mass is 16.6. The summed E-state index contributed by atoms with van der Waals surface area (Å²) in [7, 11) is 0. The Morgan fingerprint density at radius 2 is 1.73 bits per heavy atom. The van der Waals surface area contributed by atoms with E-state index in [9.17, 15) is 9.59 Å². The zero-order chi connectivity index (χ0) is 16.2. The fourth-order valence-electron chi connectivity index (χ4n) is 2.40. The van der Waals surface area contributed by atoms with Crippen LogP contribution in [0.2, 0.25) is 0 Å². The van der Waals surface area contributed by atoms with Gasteiger partial charge in [0.15, 0.2) is 0 Å². The molecule has 0 saturated carbocycles. The number of amides is 2. The van der Waals surface area contributed by atoms with Crippen molar-refractivity contribution in [2.24, 2.45) is 0 Å². The van der Waals surface area contributed by atoms with E-state index in [-0.39, 0.29) is 5.91 Å². The number of benzene rings is 1. The van der Waals surface area contributed by atoms with Crippen molar-refractivity contribution < 1.29 is 14.3 Å². The van der Waals surface area contributed by atoms with E-state index in [0.717, 1.165) is 12.0 Å². The van der Waals surface area contributed by atoms with Crippen LogP contribution < -0.4 is 0 Å². The Balaban J connectivity index is 1.92. The van der Waals surface area contributed by atoms with Gasteiger partial charge in [-0.1, -0.05) is 30.3 Å². The summed E-state index contributed by atoms with van der Waals surface area (Å²) in [5.74, 6) is -0.0350. The van der Waals surface area contributed by atoms with Crippen molar-refractivity contribution in [3.8, 4) is 0 Å². The Hall–Kier alpha value is -2.04. The van der Waals surface area contributed by atoms with Crippen molar-refractivity contribution in [2.45, 2.75) is 45.6 Å². The molecule has 0 atom stereocenters. The summed E-state index contributed by atoms with van der Waals surface area (Å²) in [6.45, 7) is 6.58. The average Bonchev–Trinajstić information content (AvgIpc) is 2.93. The zero-order valence-corrected chi connectivity index (χ0v) is 13.5. The van der Waals surface area contributed by atoms with Gasteiger partial charge in [0.2, 0.25) is 5.91 Å². The smallest absolute Gasteiger partial charge is 0.429 e. The molecule has 0 N–H and O–H groups in total. The number of hydrazine groups is 1. The van der Waals surface area contributed by atoms with Crippen molar-refractivity contribution in [2.75, 3.05) is 13.1 Å². The van der Waals surface area contributed by atoms with E-state index in [4.69, 9.17) is 4.74 Å². The molecular weight excluding hydrogens is 280 g/mol. The number of hydrogen-bond acceptors (Lipinski definition) is 3. The molecule has 1 aromatic carbocycles. The van der Waals surface area contributed by atoms with Gasteiger partial charge in [-0.15, -0.1) is 0 Å². The molecule has 0 aromatic heterocycles. The highest BCUT2D eigenvalue weighted by Gasteiger charge is 2.33. The van der Waals surface area contributed by atoms with Gasteiger partial charge >= 0.3 is 6.09 Å². The molecule has 1 aliphatic rings. The number of nitrogens with zero attached hydrogens (tertiary/aromatic N) is 2. The van der Waals surface area contributed by atoms with E-state index in [1.807, 2.05) is 51.1 Å². The molecule has 1 heterocycles. The second kappa shape index (κ2) is 6.81. The van der Waals surface area contributed by atoms with E-state index < -0.39 is 11.7 Å². The van der Waals surface area contributed by atoms with Crippen LogP contribution in [0, 0.1) is 0 Å². The standard InChI is InChI=1S/C17H24N2O3/c1-17(2,3)22-16(21)19-13-7-12-18(19)15(20)11-10-14-8-5-4-6-9-14/h4-6,8-9H,7,10-13H2,1-3H3. The fourth-order valence-corrected chi connectivity index (χ4v) is 2.40. The molecule has 120 valence electrons.